The number of amides is 1. The Labute approximate surface area is 175 Å². The average Bonchev–Trinajstić information content (AvgIpc) is 3.25. The summed E-state index contributed by atoms with van der Waals surface area (Å²) in [6, 6.07) is 13.9. The molecule has 1 aliphatic rings. The number of benzene rings is 2. The maximum Gasteiger partial charge on any atom is 0.251 e. The molecule has 2 aromatic rings. The van der Waals surface area contributed by atoms with E-state index in [9.17, 15) is 4.79 Å². The van der Waals surface area contributed by atoms with Crippen molar-refractivity contribution in [1.29, 1.82) is 0 Å². The molecule has 0 aromatic heterocycles. The van der Waals surface area contributed by atoms with Crippen LogP contribution in [0.2, 0.25) is 0 Å². The number of nitrogens with one attached hydrogen (secondary N) is 1. The Morgan fingerprint density at radius 2 is 1.68 bits per heavy atom. The van der Waals surface area contributed by atoms with E-state index >= 15 is 0 Å². The molecule has 3 rings (SSSR count). The SMILES string of the molecule is CCOc1ccc(CCNC(=O)c2ccc(C3SCCS3)cc2)cc1OCC. The Bertz CT molecular complexity index is 774. The molecule has 0 aliphatic carbocycles. The summed E-state index contributed by atoms with van der Waals surface area (Å²) in [6.45, 7) is 5.68. The maximum absolute atomic E-state index is 12.4. The third-order valence-electron chi connectivity index (χ3n) is 4.37. The molecule has 4 nitrogen and oxygen atoms in total. The van der Waals surface area contributed by atoms with Gasteiger partial charge in [0.15, 0.2) is 11.5 Å². The number of hydrogen-bond acceptors (Lipinski definition) is 5. The molecule has 0 radical (unpaired) electrons. The Hall–Kier alpha value is -1.79. The van der Waals surface area contributed by atoms with Crippen molar-refractivity contribution in [3.05, 3.63) is 59.2 Å². The Kier molecular flexibility index (Phi) is 7.98. The molecular formula is C22H27NO3S2. The zero-order valence-electron chi connectivity index (χ0n) is 16.4. The van der Waals surface area contributed by atoms with E-state index in [2.05, 4.69) is 17.4 Å². The Morgan fingerprint density at radius 1 is 1.00 bits per heavy atom. The first-order valence-electron chi connectivity index (χ1n) is 9.71. The van der Waals surface area contributed by atoms with Gasteiger partial charge in [0, 0.05) is 23.6 Å². The van der Waals surface area contributed by atoms with Gasteiger partial charge in [-0.05, 0) is 55.7 Å². The smallest absolute Gasteiger partial charge is 0.251 e. The third kappa shape index (κ3) is 5.61. The number of rotatable bonds is 9. The van der Waals surface area contributed by atoms with Gasteiger partial charge in [0.2, 0.25) is 0 Å². The molecule has 1 heterocycles. The van der Waals surface area contributed by atoms with Gasteiger partial charge >= 0.3 is 0 Å². The first-order valence-corrected chi connectivity index (χ1v) is 11.8. The number of ether oxygens (including phenoxy) is 2. The van der Waals surface area contributed by atoms with Gasteiger partial charge in [-0.25, -0.2) is 0 Å². The van der Waals surface area contributed by atoms with Gasteiger partial charge in [0.25, 0.3) is 5.91 Å². The molecule has 1 amide bonds. The maximum atomic E-state index is 12.4. The van der Waals surface area contributed by atoms with Crippen molar-refractivity contribution >= 4 is 29.4 Å². The second kappa shape index (κ2) is 10.7. The molecule has 0 saturated carbocycles. The molecule has 150 valence electrons. The molecular weight excluding hydrogens is 390 g/mol. The molecule has 0 spiro atoms. The molecule has 1 N–H and O–H groups in total. The van der Waals surface area contributed by atoms with Crippen molar-refractivity contribution in [3.8, 4) is 11.5 Å². The summed E-state index contributed by atoms with van der Waals surface area (Å²) in [7, 11) is 0. The number of hydrogen-bond donors (Lipinski definition) is 1. The van der Waals surface area contributed by atoms with Crippen molar-refractivity contribution in [3.63, 3.8) is 0 Å². The van der Waals surface area contributed by atoms with Crippen LogP contribution in [0.3, 0.4) is 0 Å². The Morgan fingerprint density at radius 3 is 2.36 bits per heavy atom. The minimum atomic E-state index is -0.0331. The van der Waals surface area contributed by atoms with E-state index in [4.69, 9.17) is 9.47 Å². The fourth-order valence-corrected chi connectivity index (χ4v) is 5.88. The summed E-state index contributed by atoms with van der Waals surface area (Å²) in [5, 5.41) is 3.01. The van der Waals surface area contributed by atoms with Gasteiger partial charge in [-0.15, -0.1) is 23.5 Å². The minimum Gasteiger partial charge on any atom is -0.490 e. The fraction of sp³-hybridized carbons (Fsp3) is 0.409. The van der Waals surface area contributed by atoms with Crippen LogP contribution < -0.4 is 14.8 Å². The van der Waals surface area contributed by atoms with E-state index in [0.29, 0.717) is 29.9 Å². The second-order valence-corrected chi connectivity index (χ2v) is 9.07. The zero-order chi connectivity index (χ0) is 19.8. The predicted molar refractivity (Wildman–Crippen MR) is 119 cm³/mol. The van der Waals surface area contributed by atoms with Crippen molar-refractivity contribution < 1.29 is 14.3 Å². The normalized spacial score (nSPS) is 14.1. The highest BCUT2D eigenvalue weighted by Gasteiger charge is 2.18. The lowest BCUT2D eigenvalue weighted by Gasteiger charge is -2.13. The van der Waals surface area contributed by atoms with E-state index in [0.717, 1.165) is 23.5 Å². The van der Waals surface area contributed by atoms with Gasteiger partial charge < -0.3 is 14.8 Å². The lowest BCUT2D eigenvalue weighted by molar-refractivity contribution is 0.0954. The molecule has 0 unspecified atom stereocenters. The topological polar surface area (TPSA) is 47.6 Å². The van der Waals surface area contributed by atoms with Gasteiger partial charge in [-0.2, -0.15) is 0 Å². The van der Waals surface area contributed by atoms with Crippen LogP contribution in [0.5, 0.6) is 11.5 Å². The van der Waals surface area contributed by atoms with Crippen molar-refractivity contribution in [2.75, 3.05) is 31.3 Å². The zero-order valence-corrected chi connectivity index (χ0v) is 18.0. The van der Waals surface area contributed by atoms with Gasteiger partial charge in [-0.1, -0.05) is 18.2 Å². The van der Waals surface area contributed by atoms with Gasteiger partial charge in [0.05, 0.1) is 17.8 Å². The molecule has 6 heteroatoms. The summed E-state index contributed by atoms with van der Waals surface area (Å²) >= 11 is 3.95. The second-order valence-electron chi connectivity index (χ2n) is 6.35. The summed E-state index contributed by atoms with van der Waals surface area (Å²) < 4.78 is 11.8. The molecule has 2 aromatic carbocycles. The van der Waals surface area contributed by atoms with Crippen LogP contribution in [0.1, 0.15) is 39.9 Å². The van der Waals surface area contributed by atoms with Gasteiger partial charge in [0.1, 0.15) is 0 Å². The number of carbonyl (C=O) groups excluding carboxylic acids is 1. The van der Waals surface area contributed by atoms with Crippen LogP contribution in [0.25, 0.3) is 0 Å². The quantitative estimate of drug-likeness (QED) is 0.626. The van der Waals surface area contributed by atoms with Crippen LogP contribution >= 0.6 is 23.5 Å². The number of carbonyl (C=O) groups is 1. The lowest BCUT2D eigenvalue weighted by Crippen LogP contribution is -2.25. The summed E-state index contributed by atoms with van der Waals surface area (Å²) in [5.41, 5.74) is 3.11. The van der Waals surface area contributed by atoms with Crippen LogP contribution in [0.15, 0.2) is 42.5 Å². The van der Waals surface area contributed by atoms with E-state index in [1.54, 1.807) is 0 Å². The molecule has 0 atom stereocenters. The highest BCUT2D eigenvalue weighted by atomic mass is 32.2. The number of thioether (sulfide) groups is 2. The highest BCUT2D eigenvalue weighted by molar-refractivity contribution is 8.19. The standard InChI is InChI=1S/C22H27NO3S2/c1-3-25-19-10-5-16(15-20(19)26-4-2)11-12-23-21(24)17-6-8-18(9-7-17)22-27-13-14-28-22/h5-10,15,22H,3-4,11-14H2,1-2H3,(H,23,24). The molecule has 0 bridgehead atoms. The molecule has 1 fully saturated rings. The summed E-state index contributed by atoms with van der Waals surface area (Å²) in [5.74, 6) is 3.89. The van der Waals surface area contributed by atoms with Gasteiger partial charge in [-0.3, -0.25) is 4.79 Å². The van der Waals surface area contributed by atoms with E-state index in [-0.39, 0.29) is 5.91 Å². The van der Waals surface area contributed by atoms with Crippen molar-refractivity contribution in [2.24, 2.45) is 0 Å². The van der Waals surface area contributed by atoms with Crippen LogP contribution in [0.4, 0.5) is 0 Å². The average molecular weight is 418 g/mol. The molecule has 1 saturated heterocycles. The minimum absolute atomic E-state index is 0.0331. The molecule has 28 heavy (non-hydrogen) atoms. The van der Waals surface area contributed by atoms with E-state index in [1.807, 2.05) is 67.7 Å². The highest BCUT2D eigenvalue weighted by Crippen LogP contribution is 2.45. The Balaban J connectivity index is 1.52. The summed E-state index contributed by atoms with van der Waals surface area (Å²) in [6.07, 6.45) is 0.742. The largest absolute Gasteiger partial charge is 0.490 e. The van der Waals surface area contributed by atoms with Crippen LogP contribution in [-0.2, 0) is 6.42 Å². The monoisotopic (exact) mass is 417 g/mol. The van der Waals surface area contributed by atoms with E-state index in [1.165, 1.54) is 17.1 Å². The summed E-state index contributed by atoms with van der Waals surface area (Å²) in [4.78, 5) is 12.4. The van der Waals surface area contributed by atoms with Crippen molar-refractivity contribution in [2.45, 2.75) is 24.9 Å². The predicted octanol–water partition coefficient (Wildman–Crippen LogP) is 4.94. The van der Waals surface area contributed by atoms with Crippen LogP contribution in [0, 0.1) is 0 Å². The third-order valence-corrected chi connectivity index (χ3v) is 7.48. The van der Waals surface area contributed by atoms with E-state index < -0.39 is 0 Å². The lowest BCUT2D eigenvalue weighted by atomic mass is 10.1. The van der Waals surface area contributed by atoms with Crippen LogP contribution in [-0.4, -0.2) is 37.2 Å². The first-order chi connectivity index (χ1) is 13.7. The first kappa shape index (κ1) is 20.9. The fourth-order valence-electron chi connectivity index (χ4n) is 3.02. The van der Waals surface area contributed by atoms with Crippen molar-refractivity contribution in [1.82, 2.24) is 5.32 Å². The molecule has 1 aliphatic heterocycles.